The first-order valence-corrected chi connectivity index (χ1v) is 7.84. The van der Waals surface area contributed by atoms with Crippen LogP contribution in [-0.4, -0.2) is 21.3 Å². The van der Waals surface area contributed by atoms with Crippen LogP contribution in [-0.2, 0) is 10.0 Å². The van der Waals surface area contributed by atoms with Crippen molar-refractivity contribution in [1.29, 1.82) is 0 Å². The lowest BCUT2D eigenvalue weighted by atomic mass is 10.3. The largest absolute Gasteiger partial charge is 0.495 e. The molecule has 1 N–H and O–H groups in total. The van der Waals surface area contributed by atoms with Gasteiger partial charge in [-0.15, -0.1) is 0 Å². The molecule has 1 rings (SSSR count). The molecule has 0 aliphatic carbocycles. The number of nitrogens with one attached hydrogen (secondary N) is 1. The van der Waals surface area contributed by atoms with Crippen LogP contribution in [0.3, 0.4) is 0 Å². The maximum atomic E-state index is 11.7. The highest BCUT2D eigenvalue weighted by Crippen LogP contribution is 2.34. The number of methoxy groups -OCH3 is 1. The highest BCUT2D eigenvalue weighted by Gasteiger charge is 2.14. The lowest BCUT2D eigenvalue weighted by Gasteiger charge is -2.11. The number of halogens is 2. The van der Waals surface area contributed by atoms with Gasteiger partial charge in [-0.05, 0) is 12.5 Å². The van der Waals surface area contributed by atoms with Crippen molar-refractivity contribution in [3.63, 3.8) is 0 Å². The molecule has 7 heteroatoms. The summed E-state index contributed by atoms with van der Waals surface area (Å²) in [5.74, 6) is 0.460. The molecule has 0 saturated heterocycles. The van der Waals surface area contributed by atoms with Crippen molar-refractivity contribution in [2.75, 3.05) is 17.6 Å². The van der Waals surface area contributed by atoms with Gasteiger partial charge < -0.3 is 4.74 Å². The van der Waals surface area contributed by atoms with Crippen molar-refractivity contribution in [3.8, 4) is 5.75 Å². The molecule has 0 bridgehead atoms. The molecule has 1 aromatic rings. The molecule has 0 radical (unpaired) electrons. The summed E-state index contributed by atoms with van der Waals surface area (Å²) in [6, 6.07) is 2.91. The Morgan fingerprint density at radius 3 is 2.50 bits per heavy atom. The maximum absolute atomic E-state index is 11.7. The van der Waals surface area contributed by atoms with E-state index >= 15 is 0 Å². The molecule has 0 atom stereocenters. The number of unbranched alkanes of at least 4 members (excludes halogenated alkanes) is 1. The van der Waals surface area contributed by atoms with Gasteiger partial charge in [0.15, 0.2) is 0 Å². The second-order valence-electron chi connectivity index (χ2n) is 3.74. The zero-order valence-corrected chi connectivity index (χ0v) is 12.5. The molecule has 1 aromatic carbocycles. The fourth-order valence-electron chi connectivity index (χ4n) is 1.32. The van der Waals surface area contributed by atoms with E-state index in [0.717, 1.165) is 6.42 Å². The number of sulfonamides is 1. The van der Waals surface area contributed by atoms with Gasteiger partial charge in [0.25, 0.3) is 0 Å². The summed E-state index contributed by atoms with van der Waals surface area (Å²) in [6.45, 7) is 1.92. The van der Waals surface area contributed by atoms with Gasteiger partial charge in [0.2, 0.25) is 10.0 Å². The normalized spacial score (nSPS) is 11.3. The Hall–Kier alpha value is -0.650. The second kappa shape index (κ2) is 6.50. The van der Waals surface area contributed by atoms with Crippen LogP contribution in [0.5, 0.6) is 5.75 Å². The Labute approximate surface area is 117 Å². The Balaban J connectivity index is 2.95. The smallest absolute Gasteiger partial charge is 0.232 e. The summed E-state index contributed by atoms with van der Waals surface area (Å²) in [6.07, 6.45) is 1.40. The maximum Gasteiger partial charge on any atom is 0.232 e. The van der Waals surface area contributed by atoms with Gasteiger partial charge in [0.1, 0.15) is 5.75 Å². The highest BCUT2D eigenvalue weighted by atomic mass is 35.5. The van der Waals surface area contributed by atoms with Crippen LogP contribution in [0.4, 0.5) is 5.69 Å². The van der Waals surface area contributed by atoms with E-state index in [-0.39, 0.29) is 16.5 Å². The zero-order valence-electron chi connectivity index (χ0n) is 10.2. The van der Waals surface area contributed by atoms with Gasteiger partial charge >= 0.3 is 0 Å². The van der Waals surface area contributed by atoms with Crippen LogP contribution >= 0.6 is 23.2 Å². The van der Waals surface area contributed by atoms with Gasteiger partial charge in [0.05, 0.1) is 28.6 Å². The number of hydrogen-bond donors (Lipinski definition) is 1. The SMILES string of the molecule is CCCCS(=O)(=O)Nc1cc(Cl)c(OC)cc1Cl. The van der Waals surface area contributed by atoms with Crippen LogP contribution in [0.25, 0.3) is 0 Å². The van der Waals surface area contributed by atoms with Gasteiger partial charge in [-0.1, -0.05) is 36.5 Å². The summed E-state index contributed by atoms with van der Waals surface area (Å²) in [7, 11) is -1.93. The first-order valence-electron chi connectivity index (χ1n) is 5.43. The van der Waals surface area contributed by atoms with Crippen molar-refractivity contribution in [1.82, 2.24) is 0 Å². The predicted molar refractivity (Wildman–Crippen MR) is 75.3 cm³/mol. The summed E-state index contributed by atoms with van der Waals surface area (Å²) in [5, 5.41) is 0.548. The van der Waals surface area contributed by atoms with Gasteiger partial charge in [-0.3, -0.25) is 4.72 Å². The molecule has 0 aliphatic heterocycles. The van der Waals surface area contributed by atoms with Gasteiger partial charge in [-0.25, -0.2) is 8.42 Å². The standard InChI is InChI=1S/C11H15Cl2NO3S/c1-3-4-5-18(15,16)14-10-6-9(13)11(17-2)7-8(10)12/h6-7,14H,3-5H2,1-2H3. The van der Waals surface area contributed by atoms with E-state index < -0.39 is 10.0 Å². The van der Waals surface area contributed by atoms with E-state index in [4.69, 9.17) is 27.9 Å². The Morgan fingerprint density at radius 2 is 1.94 bits per heavy atom. The first-order chi connectivity index (χ1) is 8.39. The second-order valence-corrected chi connectivity index (χ2v) is 6.40. The number of ether oxygens (including phenoxy) is 1. The van der Waals surface area contributed by atoms with Crippen LogP contribution in [0.2, 0.25) is 10.0 Å². The number of rotatable bonds is 6. The Kier molecular flexibility index (Phi) is 5.56. The predicted octanol–water partition coefficient (Wildman–Crippen LogP) is 3.54. The van der Waals surface area contributed by atoms with Crippen LogP contribution in [0.15, 0.2) is 12.1 Å². The summed E-state index contributed by atoms with van der Waals surface area (Å²) in [4.78, 5) is 0. The van der Waals surface area contributed by atoms with E-state index in [0.29, 0.717) is 17.2 Å². The Bertz CT molecular complexity index is 517. The number of benzene rings is 1. The van der Waals surface area contributed by atoms with Crippen molar-refractivity contribution < 1.29 is 13.2 Å². The monoisotopic (exact) mass is 311 g/mol. The molecule has 4 nitrogen and oxygen atoms in total. The van der Waals surface area contributed by atoms with Crippen LogP contribution in [0, 0.1) is 0 Å². The summed E-state index contributed by atoms with van der Waals surface area (Å²) in [5.41, 5.74) is 0.263. The van der Waals surface area contributed by atoms with Crippen molar-refractivity contribution in [2.45, 2.75) is 19.8 Å². The fourth-order valence-corrected chi connectivity index (χ4v) is 3.09. The average Bonchev–Trinajstić information content (AvgIpc) is 2.30. The fraction of sp³-hybridized carbons (Fsp3) is 0.455. The molecule has 0 spiro atoms. The minimum absolute atomic E-state index is 0.0590. The molecule has 0 aromatic heterocycles. The molecule has 0 saturated carbocycles. The quantitative estimate of drug-likeness (QED) is 0.874. The first kappa shape index (κ1) is 15.4. The average molecular weight is 312 g/mol. The molecule has 0 unspecified atom stereocenters. The van der Waals surface area contributed by atoms with E-state index in [1.54, 1.807) is 0 Å². The lowest BCUT2D eigenvalue weighted by molar-refractivity contribution is 0.415. The van der Waals surface area contributed by atoms with E-state index in [1.807, 2.05) is 6.92 Å². The molecule has 0 amide bonds. The van der Waals surface area contributed by atoms with E-state index in [1.165, 1.54) is 19.2 Å². The molecule has 0 aliphatic rings. The van der Waals surface area contributed by atoms with E-state index in [9.17, 15) is 8.42 Å². The molecular weight excluding hydrogens is 297 g/mol. The summed E-state index contributed by atoms with van der Waals surface area (Å²) < 4.78 is 30.9. The number of hydrogen-bond acceptors (Lipinski definition) is 3. The third-order valence-corrected chi connectivity index (χ3v) is 4.24. The van der Waals surface area contributed by atoms with Crippen molar-refractivity contribution >= 4 is 38.9 Å². The van der Waals surface area contributed by atoms with Gasteiger partial charge in [-0.2, -0.15) is 0 Å². The molecule has 0 fully saturated rings. The molecule has 18 heavy (non-hydrogen) atoms. The Morgan fingerprint density at radius 1 is 1.28 bits per heavy atom. The molecule has 0 heterocycles. The zero-order chi connectivity index (χ0) is 13.8. The van der Waals surface area contributed by atoms with Crippen LogP contribution in [0.1, 0.15) is 19.8 Å². The minimum Gasteiger partial charge on any atom is -0.495 e. The third kappa shape index (κ3) is 4.23. The summed E-state index contributed by atoms with van der Waals surface area (Å²) >= 11 is 11.9. The highest BCUT2D eigenvalue weighted by molar-refractivity contribution is 7.92. The van der Waals surface area contributed by atoms with E-state index in [2.05, 4.69) is 4.72 Å². The number of anilines is 1. The van der Waals surface area contributed by atoms with Gasteiger partial charge in [0, 0.05) is 6.07 Å². The van der Waals surface area contributed by atoms with Crippen molar-refractivity contribution in [3.05, 3.63) is 22.2 Å². The lowest BCUT2D eigenvalue weighted by Crippen LogP contribution is -2.16. The topological polar surface area (TPSA) is 55.4 Å². The molecule has 102 valence electrons. The third-order valence-electron chi connectivity index (χ3n) is 2.27. The van der Waals surface area contributed by atoms with Crippen LogP contribution < -0.4 is 9.46 Å². The van der Waals surface area contributed by atoms with Crippen molar-refractivity contribution in [2.24, 2.45) is 0 Å². The molecular formula is C11H15Cl2NO3S. The minimum atomic E-state index is -3.39.